The first kappa shape index (κ1) is 14.1. The van der Waals surface area contributed by atoms with Crippen LogP contribution in [0.4, 0.5) is 0 Å². The largest absolute Gasteiger partial charge is 0.493 e. The molecule has 0 aromatic carbocycles. The topological polar surface area (TPSA) is 43.4 Å². The normalized spacial score (nSPS) is 12.2. The molecule has 0 aliphatic carbocycles. The Kier molecular flexibility index (Phi) is 6.15. The van der Waals surface area contributed by atoms with Crippen molar-refractivity contribution >= 4 is 11.8 Å². The predicted octanol–water partition coefficient (Wildman–Crippen LogP) is 1.94. The molecule has 0 spiro atoms. The van der Waals surface area contributed by atoms with Gasteiger partial charge in [-0.2, -0.15) is 11.8 Å². The zero-order chi connectivity index (χ0) is 12.7. The van der Waals surface area contributed by atoms with Crippen molar-refractivity contribution in [3.63, 3.8) is 0 Å². The van der Waals surface area contributed by atoms with E-state index < -0.39 is 0 Å². The zero-order valence-corrected chi connectivity index (χ0v) is 11.6. The lowest BCUT2D eigenvalue weighted by molar-refractivity contribution is 0.348. The highest BCUT2D eigenvalue weighted by Gasteiger charge is 2.10. The Morgan fingerprint density at radius 2 is 2.18 bits per heavy atom. The van der Waals surface area contributed by atoms with Gasteiger partial charge in [0, 0.05) is 30.6 Å². The first-order chi connectivity index (χ1) is 8.22. The molecule has 1 aromatic rings. The minimum Gasteiger partial charge on any atom is -0.493 e. The molecule has 0 fully saturated rings. The van der Waals surface area contributed by atoms with Crippen LogP contribution in [0.25, 0.3) is 0 Å². The summed E-state index contributed by atoms with van der Waals surface area (Å²) in [5, 5.41) is 3.95. The van der Waals surface area contributed by atoms with Gasteiger partial charge in [0.05, 0.1) is 19.9 Å². The third-order valence-electron chi connectivity index (χ3n) is 2.49. The molecule has 0 aliphatic rings. The molecule has 0 bridgehead atoms. The van der Waals surface area contributed by atoms with Crippen molar-refractivity contribution in [3.05, 3.63) is 18.0 Å². The van der Waals surface area contributed by atoms with E-state index in [9.17, 15) is 0 Å². The predicted molar refractivity (Wildman–Crippen MR) is 72.0 cm³/mol. The second kappa shape index (κ2) is 7.40. The molecule has 1 N–H and O–H groups in total. The van der Waals surface area contributed by atoms with Crippen LogP contribution >= 0.6 is 11.8 Å². The quantitative estimate of drug-likeness (QED) is 0.807. The number of hydrogen-bond donors (Lipinski definition) is 1. The second-order valence-corrected chi connectivity index (χ2v) is 4.95. The van der Waals surface area contributed by atoms with Crippen LogP contribution < -0.4 is 14.8 Å². The van der Waals surface area contributed by atoms with Gasteiger partial charge >= 0.3 is 0 Å². The van der Waals surface area contributed by atoms with Gasteiger partial charge in [-0.25, -0.2) is 0 Å². The van der Waals surface area contributed by atoms with E-state index in [0.29, 0.717) is 17.5 Å². The van der Waals surface area contributed by atoms with Crippen LogP contribution in [-0.2, 0) is 6.54 Å². The van der Waals surface area contributed by atoms with Gasteiger partial charge in [-0.15, -0.1) is 0 Å². The number of methoxy groups -OCH3 is 2. The fourth-order valence-corrected chi connectivity index (χ4v) is 1.74. The fourth-order valence-electron chi connectivity index (χ4n) is 1.45. The maximum Gasteiger partial charge on any atom is 0.183 e. The maximum atomic E-state index is 5.32. The van der Waals surface area contributed by atoms with Crippen molar-refractivity contribution in [3.8, 4) is 11.5 Å². The number of rotatable bonds is 7. The van der Waals surface area contributed by atoms with Crippen LogP contribution in [0, 0.1) is 0 Å². The second-order valence-electron chi connectivity index (χ2n) is 3.67. The molecular formula is C12H20N2O2S. The number of thioether (sulfide) groups is 1. The van der Waals surface area contributed by atoms with Crippen molar-refractivity contribution in [2.24, 2.45) is 0 Å². The molecule has 0 aliphatic heterocycles. The van der Waals surface area contributed by atoms with E-state index in [1.54, 1.807) is 26.5 Å². The van der Waals surface area contributed by atoms with Crippen molar-refractivity contribution in [2.45, 2.75) is 18.7 Å². The highest BCUT2D eigenvalue weighted by Crippen LogP contribution is 2.28. The number of aromatic nitrogens is 1. The minimum absolute atomic E-state index is 0.589. The summed E-state index contributed by atoms with van der Waals surface area (Å²) in [7, 11) is 3.26. The summed E-state index contributed by atoms with van der Waals surface area (Å²) in [5.74, 6) is 1.43. The Morgan fingerprint density at radius 1 is 1.41 bits per heavy atom. The standard InChI is InChI=1S/C12H20N2O2S/c1-9(17-4)7-13-8-10-12(16-3)11(15-2)5-6-14-10/h5-6,9,13H,7-8H2,1-4H3. The molecule has 1 heterocycles. The molecule has 96 valence electrons. The molecule has 1 unspecified atom stereocenters. The van der Waals surface area contributed by atoms with E-state index >= 15 is 0 Å². The highest BCUT2D eigenvalue weighted by atomic mass is 32.2. The number of hydrogen-bond acceptors (Lipinski definition) is 5. The van der Waals surface area contributed by atoms with Gasteiger partial charge in [0.15, 0.2) is 11.5 Å². The zero-order valence-electron chi connectivity index (χ0n) is 10.8. The number of ether oxygens (including phenoxy) is 2. The molecule has 1 aromatic heterocycles. The van der Waals surface area contributed by atoms with Crippen molar-refractivity contribution in [1.82, 2.24) is 10.3 Å². The van der Waals surface area contributed by atoms with Crippen LogP contribution in [0.3, 0.4) is 0 Å². The molecule has 0 saturated heterocycles. The van der Waals surface area contributed by atoms with Crippen molar-refractivity contribution in [1.29, 1.82) is 0 Å². The molecule has 5 heteroatoms. The molecule has 0 radical (unpaired) electrons. The smallest absolute Gasteiger partial charge is 0.183 e. The SMILES string of the molecule is COc1ccnc(CNCC(C)SC)c1OC. The fraction of sp³-hybridized carbons (Fsp3) is 0.583. The lowest BCUT2D eigenvalue weighted by Gasteiger charge is -2.13. The molecule has 0 amide bonds. The van der Waals surface area contributed by atoms with Gasteiger partial charge in [-0.1, -0.05) is 6.92 Å². The molecule has 0 saturated carbocycles. The first-order valence-corrected chi connectivity index (χ1v) is 6.81. The molecular weight excluding hydrogens is 236 g/mol. The summed E-state index contributed by atoms with van der Waals surface area (Å²) in [6.45, 7) is 3.82. The van der Waals surface area contributed by atoms with E-state index in [-0.39, 0.29) is 0 Å². The molecule has 1 atom stereocenters. The lowest BCUT2D eigenvalue weighted by atomic mass is 10.3. The summed E-state index contributed by atoms with van der Waals surface area (Å²) >= 11 is 1.84. The van der Waals surface area contributed by atoms with Crippen LogP contribution in [0.1, 0.15) is 12.6 Å². The van der Waals surface area contributed by atoms with Gasteiger partial charge in [0.2, 0.25) is 0 Å². The van der Waals surface area contributed by atoms with Gasteiger partial charge in [-0.05, 0) is 6.26 Å². The summed E-state index contributed by atoms with van der Waals surface area (Å²) < 4.78 is 10.5. The van der Waals surface area contributed by atoms with Crippen LogP contribution in [-0.4, -0.2) is 37.3 Å². The van der Waals surface area contributed by atoms with Gasteiger partial charge in [0.1, 0.15) is 0 Å². The van der Waals surface area contributed by atoms with E-state index in [2.05, 4.69) is 23.5 Å². The Balaban J connectivity index is 2.64. The third-order valence-corrected chi connectivity index (χ3v) is 3.46. The maximum absolute atomic E-state index is 5.32. The average Bonchev–Trinajstić information content (AvgIpc) is 2.37. The monoisotopic (exact) mass is 256 g/mol. The Hall–Kier alpha value is -0.940. The van der Waals surface area contributed by atoms with E-state index in [0.717, 1.165) is 18.0 Å². The van der Waals surface area contributed by atoms with Gasteiger partial charge in [0.25, 0.3) is 0 Å². The minimum atomic E-state index is 0.589. The summed E-state index contributed by atoms with van der Waals surface area (Å²) in [4.78, 5) is 4.31. The molecule has 4 nitrogen and oxygen atoms in total. The van der Waals surface area contributed by atoms with Crippen LogP contribution in [0.2, 0.25) is 0 Å². The molecule has 17 heavy (non-hydrogen) atoms. The number of pyridine rings is 1. The van der Waals surface area contributed by atoms with Gasteiger partial charge in [-0.3, -0.25) is 4.98 Å². The van der Waals surface area contributed by atoms with Gasteiger partial charge < -0.3 is 14.8 Å². The third kappa shape index (κ3) is 4.09. The average molecular weight is 256 g/mol. The summed E-state index contributed by atoms with van der Waals surface area (Å²) in [6.07, 6.45) is 3.84. The van der Waals surface area contributed by atoms with E-state index in [1.165, 1.54) is 0 Å². The number of nitrogens with zero attached hydrogens (tertiary/aromatic N) is 1. The summed E-state index contributed by atoms with van der Waals surface area (Å²) in [6, 6.07) is 1.80. The Bertz CT molecular complexity index is 347. The highest BCUT2D eigenvalue weighted by molar-refractivity contribution is 7.99. The lowest BCUT2D eigenvalue weighted by Crippen LogP contribution is -2.22. The summed E-state index contributed by atoms with van der Waals surface area (Å²) in [5.41, 5.74) is 0.875. The van der Waals surface area contributed by atoms with E-state index in [4.69, 9.17) is 9.47 Å². The molecule has 1 rings (SSSR count). The van der Waals surface area contributed by atoms with Crippen molar-refractivity contribution in [2.75, 3.05) is 27.0 Å². The van der Waals surface area contributed by atoms with E-state index in [1.807, 2.05) is 11.8 Å². The van der Waals surface area contributed by atoms with Crippen LogP contribution in [0.5, 0.6) is 11.5 Å². The Morgan fingerprint density at radius 3 is 2.76 bits per heavy atom. The Labute approximate surface area is 107 Å². The van der Waals surface area contributed by atoms with Crippen LogP contribution in [0.15, 0.2) is 12.3 Å². The number of nitrogens with one attached hydrogen (secondary N) is 1. The van der Waals surface area contributed by atoms with Crippen molar-refractivity contribution < 1.29 is 9.47 Å². The first-order valence-electron chi connectivity index (χ1n) is 5.52.